The summed E-state index contributed by atoms with van der Waals surface area (Å²) in [6.45, 7) is 1.36. The van der Waals surface area contributed by atoms with Crippen LogP contribution in [-0.2, 0) is 24.2 Å². The van der Waals surface area contributed by atoms with Gasteiger partial charge in [0.2, 0.25) is 0 Å². The minimum Gasteiger partial charge on any atom is -0.376 e. The Balaban J connectivity index is 1.41. The van der Waals surface area contributed by atoms with Gasteiger partial charge in [0.05, 0.1) is 29.7 Å². The Hall–Kier alpha value is -2.19. The van der Waals surface area contributed by atoms with Gasteiger partial charge in [0.15, 0.2) is 5.79 Å². The van der Waals surface area contributed by atoms with Crippen LogP contribution in [0.4, 0.5) is 0 Å². The van der Waals surface area contributed by atoms with Crippen molar-refractivity contribution < 1.29 is 22.6 Å². The van der Waals surface area contributed by atoms with E-state index in [2.05, 4.69) is 0 Å². The van der Waals surface area contributed by atoms with Crippen LogP contribution in [0.15, 0.2) is 65.7 Å². The fraction of sp³-hybridized carbons (Fsp3) is 0.417. The topological polar surface area (TPSA) is 66.8 Å². The van der Waals surface area contributed by atoms with Crippen molar-refractivity contribution in [1.29, 1.82) is 0 Å². The molecule has 0 N–H and O–H groups in total. The summed E-state index contributed by atoms with van der Waals surface area (Å²) in [7, 11) is -1.89. The molecule has 1 aliphatic carbocycles. The van der Waals surface area contributed by atoms with Gasteiger partial charge in [-0.3, -0.25) is 0 Å². The number of fused-ring (bicyclic) bond motifs is 1. The molecule has 1 atom stereocenters. The van der Waals surface area contributed by atoms with Crippen molar-refractivity contribution in [3.05, 3.63) is 66.4 Å². The maximum Gasteiger partial charge on any atom is 0.268 e. The van der Waals surface area contributed by atoms with Gasteiger partial charge in [-0.2, -0.15) is 0 Å². The summed E-state index contributed by atoms with van der Waals surface area (Å²) in [5.41, 5.74) is 1.73. The van der Waals surface area contributed by atoms with Gasteiger partial charge in [-0.15, -0.1) is 0 Å². The Morgan fingerprint density at radius 1 is 1.03 bits per heavy atom. The molecule has 1 aliphatic heterocycles. The van der Waals surface area contributed by atoms with Crippen LogP contribution in [0.25, 0.3) is 10.9 Å². The number of rotatable bonds is 5. The molecular formula is C24H27NO5S. The van der Waals surface area contributed by atoms with Crippen LogP contribution >= 0.6 is 0 Å². The minimum atomic E-state index is -3.64. The quantitative estimate of drug-likeness (QED) is 0.583. The molecule has 2 aliphatic rings. The number of methoxy groups -OCH3 is 1. The lowest BCUT2D eigenvalue weighted by Crippen LogP contribution is -2.36. The summed E-state index contributed by atoms with van der Waals surface area (Å²) < 4.78 is 45.1. The van der Waals surface area contributed by atoms with Crippen LogP contribution in [0.2, 0.25) is 0 Å². The predicted molar refractivity (Wildman–Crippen MR) is 117 cm³/mol. The first-order chi connectivity index (χ1) is 15.0. The Kier molecular flexibility index (Phi) is 5.38. The van der Waals surface area contributed by atoms with E-state index in [1.165, 1.54) is 3.97 Å². The van der Waals surface area contributed by atoms with E-state index in [0.29, 0.717) is 24.6 Å². The summed E-state index contributed by atoms with van der Waals surface area (Å²) in [4.78, 5) is 0.277. The lowest BCUT2D eigenvalue weighted by atomic mass is 9.79. The first kappa shape index (κ1) is 20.7. The van der Waals surface area contributed by atoms with Crippen LogP contribution in [0.5, 0.6) is 0 Å². The van der Waals surface area contributed by atoms with Gasteiger partial charge in [-0.05, 0) is 54.7 Å². The molecule has 31 heavy (non-hydrogen) atoms. The maximum atomic E-state index is 13.1. The van der Waals surface area contributed by atoms with Crippen molar-refractivity contribution in [2.45, 2.75) is 42.5 Å². The second kappa shape index (κ2) is 8.06. The van der Waals surface area contributed by atoms with E-state index in [-0.39, 0.29) is 16.8 Å². The smallest absolute Gasteiger partial charge is 0.268 e. The van der Waals surface area contributed by atoms with E-state index in [1.807, 2.05) is 30.3 Å². The van der Waals surface area contributed by atoms with Crippen LogP contribution in [0.1, 0.15) is 37.4 Å². The molecule has 2 aromatic carbocycles. The highest BCUT2D eigenvalue weighted by atomic mass is 32.2. The number of ether oxygens (including phenoxy) is 3. The first-order valence-electron chi connectivity index (χ1n) is 10.7. The van der Waals surface area contributed by atoms with Crippen molar-refractivity contribution >= 4 is 20.9 Å². The average Bonchev–Trinajstić information content (AvgIpc) is 3.44. The van der Waals surface area contributed by atoms with Gasteiger partial charge in [0.25, 0.3) is 10.0 Å². The molecule has 1 spiro atoms. The maximum absolute atomic E-state index is 13.1. The predicted octanol–water partition coefficient (Wildman–Crippen LogP) is 4.50. The zero-order valence-electron chi connectivity index (χ0n) is 17.6. The molecule has 3 aromatic rings. The van der Waals surface area contributed by atoms with E-state index in [0.717, 1.165) is 36.6 Å². The molecular weight excluding hydrogens is 414 g/mol. The Bertz CT molecular complexity index is 1160. The molecule has 0 radical (unpaired) electrons. The molecule has 7 heteroatoms. The van der Waals surface area contributed by atoms with Crippen molar-refractivity contribution in [2.24, 2.45) is 5.92 Å². The lowest BCUT2D eigenvalue weighted by Gasteiger charge is -2.38. The third-order valence-corrected chi connectivity index (χ3v) is 8.30. The number of hydrogen-bond acceptors (Lipinski definition) is 5. The summed E-state index contributed by atoms with van der Waals surface area (Å²) in [5.74, 6) is -0.0158. The van der Waals surface area contributed by atoms with E-state index in [9.17, 15) is 8.42 Å². The molecule has 2 fully saturated rings. The molecule has 0 bridgehead atoms. The molecule has 5 rings (SSSR count). The summed E-state index contributed by atoms with van der Waals surface area (Å²) in [6, 6.07) is 16.3. The highest BCUT2D eigenvalue weighted by Gasteiger charge is 2.42. The highest BCUT2D eigenvalue weighted by Crippen LogP contribution is 2.44. The number of benzene rings is 2. The molecule has 1 aromatic heterocycles. The molecule has 0 amide bonds. The number of hydrogen-bond donors (Lipinski definition) is 0. The van der Waals surface area contributed by atoms with E-state index >= 15 is 0 Å². The third kappa shape index (κ3) is 3.69. The fourth-order valence-corrected chi connectivity index (χ4v) is 6.37. The molecule has 1 unspecified atom stereocenters. The van der Waals surface area contributed by atoms with Crippen molar-refractivity contribution in [3.8, 4) is 0 Å². The molecule has 1 saturated heterocycles. The Morgan fingerprint density at radius 3 is 2.42 bits per heavy atom. The zero-order valence-corrected chi connectivity index (χ0v) is 18.4. The molecule has 164 valence electrons. The van der Waals surface area contributed by atoms with Crippen molar-refractivity contribution in [3.63, 3.8) is 0 Å². The molecule has 2 heterocycles. The van der Waals surface area contributed by atoms with Crippen LogP contribution in [-0.4, -0.2) is 38.5 Å². The van der Waals surface area contributed by atoms with E-state index in [4.69, 9.17) is 14.2 Å². The second-order valence-electron chi connectivity index (χ2n) is 8.35. The summed E-state index contributed by atoms with van der Waals surface area (Å²) in [5, 5.41) is 0.883. The second-order valence-corrected chi connectivity index (χ2v) is 10.2. The normalized spacial score (nSPS) is 20.4. The lowest BCUT2D eigenvalue weighted by molar-refractivity contribution is -0.188. The van der Waals surface area contributed by atoms with E-state index in [1.54, 1.807) is 37.6 Å². The van der Waals surface area contributed by atoms with Gasteiger partial charge in [-0.1, -0.05) is 24.3 Å². The molecule has 6 nitrogen and oxygen atoms in total. The standard InChI is InChI=1S/C24H27NO5S/c1-28-23(18-9-12-24(13-10-18)29-15-16-30-24)20-7-8-22-19(17-20)11-14-25(22)31(26,27)21-5-3-2-4-6-21/h2-8,11,14,17-18,23H,9-10,12-13,15-16H2,1H3. The van der Waals surface area contributed by atoms with Crippen molar-refractivity contribution in [2.75, 3.05) is 20.3 Å². The van der Waals surface area contributed by atoms with Crippen LogP contribution in [0, 0.1) is 5.92 Å². The largest absolute Gasteiger partial charge is 0.376 e. The SMILES string of the molecule is COC(c1ccc2c(ccn2S(=O)(=O)c2ccccc2)c1)C1CCC2(CC1)OCCO2. The summed E-state index contributed by atoms with van der Waals surface area (Å²) >= 11 is 0. The van der Waals surface area contributed by atoms with Crippen molar-refractivity contribution in [1.82, 2.24) is 3.97 Å². The zero-order chi connectivity index (χ0) is 21.5. The Labute approximate surface area is 182 Å². The highest BCUT2D eigenvalue weighted by molar-refractivity contribution is 7.90. The number of nitrogens with zero attached hydrogens (tertiary/aromatic N) is 1. The first-order valence-corrected chi connectivity index (χ1v) is 12.2. The third-order valence-electron chi connectivity index (χ3n) is 6.59. The van der Waals surface area contributed by atoms with Gasteiger partial charge in [0, 0.05) is 31.5 Å². The monoisotopic (exact) mass is 441 g/mol. The minimum absolute atomic E-state index is 0.0442. The molecule has 1 saturated carbocycles. The van der Waals surface area contributed by atoms with E-state index < -0.39 is 10.0 Å². The fourth-order valence-electron chi connectivity index (χ4n) is 5.00. The Morgan fingerprint density at radius 2 is 1.74 bits per heavy atom. The van der Waals surface area contributed by atoms with Gasteiger partial charge < -0.3 is 14.2 Å². The van der Waals surface area contributed by atoms with Crippen LogP contribution < -0.4 is 0 Å². The van der Waals surface area contributed by atoms with Gasteiger partial charge in [-0.25, -0.2) is 12.4 Å². The number of aromatic nitrogens is 1. The van der Waals surface area contributed by atoms with Gasteiger partial charge >= 0.3 is 0 Å². The van der Waals surface area contributed by atoms with Crippen LogP contribution in [0.3, 0.4) is 0 Å². The van der Waals surface area contributed by atoms with Gasteiger partial charge in [0.1, 0.15) is 0 Å². The average molecular weight is 442 g/mol. The summed E-state index contributed by atoms with van der Waals surface area (Å²) in [6.07, 6.45) is 5.28.